The fraction of sp³-hybridized carbons (Fsp3) is 0.333. The van der Waals surface area contributed by atoms with E-state index in [-0.39, 0.29) is 18.3 Å². The van der Waals surface area contributed by atoms with Crippen molar-refractivity contribution in [1.29, 1.82) is 0 Å². The summed E-state index contributed by atoms with van der Waals surface area (Å²) in [6.45, 7) is 2.78. The van der Waals surface area contributed by atoms with Crippen molar-refractivity contribution in [1.82, 2.24) is 10.2 Å². The van der Waals surface area contributed by atoms with E-state index in [4.69, 9.17) is 4.74 Å². The van der Waals surface area contributed by atoms with Gasteiger partial charge < -0.3 is 15.4 Å². The Labute approximate surface area is 172 Å². The molecule has 2 aromatic carbocycles. The van der Waals surface area contributed by atoms with Gasteiger partial charge in [-0.2, -0.15) is 13.2 Å². The Bertz CT molecular complexity index is 857. The molecule has 1 saturated heterocycles. The molecule has 2 N–H and O–H groups in total. The molecule has 0 radical (unpaired) electrons. The minimum atomic E-state index is -4.46. The van der Waals surface area contributed by atoms with Crippen LogP contribution in [0.2, 0.25) is 0 Å². The molecule has 1 fully saturated rings. The molecule has 1 aliphatic heterocycles. The number of hydrogen-bond acceptors (Lipinski definition) is 4. The van der Waals surface area contributed by atoms with Crippen LogP contribution in [0.4, 0.5) is 18.9 Å². The lowest BCUT2D eigenvalue weighted by atomic mass is 10.1. The van der Waals surface area contributed by atoms with Crippen molar-refractivity contribution in [3.05, 3.63) is 65.7 Å². The number of benzene rings is 2. The summed E-state index contributed by atoms with van der Waals surface area (Å²) in [6.07, 6.45) is -4.50. The fourth-order valence-electron chi connectivity index (χ4n) is 3.11. The average molecular weight is 421 g/mol. The van der Waals surface area contributed by atoms with Crippen molar-refractivity contribution in [2.24, 2.45) is 0 Å². The number of rotatable bonds is 5. The second kappa shape index (κ2) is 9.73. The lowest BCUT2D eigenvalue weighted by Gasteiger charge is -2.33. The van der Waals surface area contributed by atoms with Gasteiger partial charge in [0, 0.05) is 31.9 Å². The average Bonchev–Trinajstić information content (AvgIpc) is 2.74. The molecule has 3 rings (SSSR count). The third-order valence-corrected chi connectivity index (χ3v) is 4.71. The van der Waals surface area contributed by atoms with Crippen LogP contribution in [0.15, 0.2) is 54.6 Å². The summed E-state index contributed by atoms with van der Waals surface area (Å²) in [4.78, 5) is 26.0. The molecule has 0 saturated carbocycles. The summed E-state index contributed by atoms with van der Waals surface area (Å²) in [5.74, 6) is -1.78. The molecule has 0 aromatic heterocycles. The number of morpholine rings is 1. The predicted molar refractivity (Wildman–Crippen MR) is 105 cm³/mol. The molecule has 0 aliphatic carbocycles. The summed E-state index contributed by atoms with van der Waals surface area (Å²) in [6, 6.07) is 13.7. The van der Waals surface area contributed by atoms with Gasteiger partial charge in [-0.05, 0) is 29.8 Å². The summed E-state index contributed by atoms with van der Waals surface area (Å²) in [7, 11) is 0. The molecule has 1 heterocycles. The SMILES string of the molecule is O=C(NCCN1CCOC(c2ccccc2)C1)C(=O)Nc1ccc(C(F)(F)F)cc1. The molecular weight excluding hydrogens is 399 g/mol. The Hall–Kier alpha value is -2.91. The Morgan fingerprint density at radius 3 is 2.40 bits per heavy atom. The maximum absolute atomic E-state index is 12.6. The molecule has 1 atom stereocenters. The van der Waals surface area contributed by atoms with Gasteiger partial charge in [0.05, 0.1) is 18.3 Å². The van der Waals surface area contributed by atoms with E-state index in [0.717, 1.165) is 36.4 Å². The lowest BCUT2D eigenvalue weighted by molar-refractivity contribution is -0.137. The summed E-state index contributed by atoms with van der Waals surface area (Å²) < 4.78 is 43.5. The number of anilines is 1. The number of nitrogens with zero attached hydrogens (tertiary/aromatic N) is 1. The molecule has 2 aromatic rings. The van der Waals surface area contributed by atoms with E-state index < -0.39 is 23.6 Å². The van der Waals surface area contributed by atoms with Crippen LogP contribution >= 0.6 is 0 Å². The Kier molecular flexibility index (Phi) is 7.07. The Balaban J connectivity index is 1.42. The summed E-state index contributed by atoms with van der Waals surface area (Å²) in [5.41, 5.74) is 0.369. The zero-order valence-electron chi connectivity index (χ0n) is 16.1. The minimum absolute atomic E-state index is 0.0429. The maximum atomic E-state index is 12.6. The van der Waals surface area contributed by atoms with Gasteiger partial charge in [-0.3, -0.25) is 14.5 Å². The molecule has 1 unspecified atom stereocenters. The molecule has 0 bridgehead atoms. The van der Waals surface area contributed by atoms with Crippen LogP contribution in [-0.2, 0) is 20.5 Å². The van der Waals surface area contributed by atoms with Crippen molar-refractivity contribution in [2.75, 3.05) is 38.1 Å². The van der Waals surface area contributed by atoms with Gasteiger partial charge in [0.25, 0.3) is 0 Å². The van der Waals surface area contributed by atoms with Gasteiger partial charge >= 0.3 is 18.0 Å². The molecule has 6 nitrogen and oxygen atoms in total. The van der Waals surface area contributed by atoms with Crippen LogP contribution in [0.25, 0.3) is 0 Å². The highest BCUT2D eigenvalue weighted by Crippen LogP contribution is 2.29. The molecular formula is C21H22F3N3O3. The molecule has 2 amide bonds. The third-order valence-electron chi connectivity index (χ3n) is 4.71. The lowest BCUT2D eigenvalue weighted by Crippen LogP contribution is -2.44. The molecule has 0 spiro atoms. The van der Waals surface area contributed by atoms with E-state index in [0.29, 0.717) is 19.7 Å². The smallest absolute Gasteiger partial charge is 0.371 e. The van der Waals surface area contributed by atoms with E-state index in [2.05, 4.69) is 15.5 Å². The number of hydrogen-bond donors (Lipinski definition) is 2. The van der Waals surface area contributed by atoms with E-state index in [1.54, 1.807) is 0 Å². The second-order valence-corrected chi connectivity index (χ2v) is 6.86. The standard InChI is InChI=1S/C21H22F3N3O3/c22-21(23,24)16-6-8-17(9-7-16)26-20(29)19(28)25-10-11-27-12-13-30-18(14-27)15-4-2-1-3-5-15/h1-9,18H,10-14H2,(H,25,28)(H,26,29). The zero-order chi connectivity index (χ0) is 21.6. The van der Waals surface area contributed by atoms with Crippen LogP contribution in [0, 0.1) is 0 Å². The van der Waals surface area contributed by atoms with Crippen molar-refractivity contribution in [2.45, 2.75) is 12.3 Å². The van der Waals surface area contributed by atoms with Crippen LogP contribution < -0.4 is 10.6 Å². The van der Waals surface area contributed by atoms with Crippen molar-refractivity contribution >= 4 is 17.5 Å². The van der Waals surface area contributed by atoms with Crippen LogP contribution in [0.5, 0.6) is 0 Å². The van der Waals surface area contributed by atoms with Gasteiger partial charge in [0.15, 0.2) is 0 Å². The first kappa shape index (κ1) is 21.8. The van der Waals surface area contributed by atoms with E-state index in [1.807, 2.05) is 30.3 Å². The number of amides is 2. The highest BCUT2D eigenvalue weighted by Gasteiger charge is 2.30. The zero-order valence-corrected chi connectivity index (χ0v) is 16.1. The van der Waals surface area contributed by atoms with Gasteiger partial charge in [-0.15, -0.1) is 0 Å². The monoisotopic (exact) mass is 421 g/mol. The number of alkyl halides is 3. The molecule has 1 aliphatic rings. The number of halogens is 3. The van der Waals surface area contributed by atoms with Gasteiger partial charge in [0.1, 0.15) is 0 Å². The van der Waals surface area contributed by atoms with Gasteiger partial charge in [0.2, 0.25) is 0 Å². The van der Waals surface area contributed by atoms with E-state index in [1.165, 1.54) is 0 Å². The van der Waals surface area contributed by atoms with E-state index >= 15 is 0 Å². The summed E-state index contributed by atoms with van der Waals surface area (Å²) >= 11 is 0. The Morgan fingerprint density at radius 1 is 1.03 bits per heavy atom. The van der Waals surface area contributed by atoms with Gasteiger partial charge in [-0.25, -0.2) is 0 Å². The van der Waals surface area contributed by atoms with Gasteiger partial charge in [-0.1, -0.05) is 30.3 Å². The number of ether oxygens (including phenoxy) is 1. The van der Waals surface area contributed by atoms with Crippen molar-refractivity contribution in [3.63, 3.8) is 0 Å². The van der Waals surface area contributed by atoms with E-state index in [9.17, 15) is 22.8 Å². The quantitative estimate of drug-likeness (QED) is 0.729. The highest BCUT2D eigenvalue weighted by molar-refractivity contribution is 6.39. The number of carbonyl (C=O) groups is 2. The molecule has 160 valence electrons. The first-order valence-corrected chi connectivity index (χ1v) is 9.48. The first-order valence-electron chi connectivity index (χ1n) is 9.48. The normalized spacial score (nSPS) is 17.4. The van der Waals surface area contributed by atoms with Crippen LogP contribution in [0.3, 0.4) is 0 Å². The molecule has 30 heavy (non-hydrogen) atoms. The maximum Gasteiger partial charge on any atom is 0.416 e. The van der Waals surface area contributed by atoms with Crippen molar-refractivity contribution < 1.29 is 27.5 Å². The molecule has 9 heteroatoms. The third kappa shape index (κ3) is 6.04. The number of nitrogens with one attached hydrogen (secondary N) is 2. The second-order valence-electron chi connectivity index (χ2n) is 6.86. The topological polar surface area (TPSA) is 70.7 Å². The first-order chi connectivity index (χ1) is 14.3. The number of carbonyl (C=O) groups excluding carboxylic acids is 2. The summed E-state index contributed by atoms with van der Waals surface area (Å²) in [5, 5.41) is 4.81. The fourth-order valence-corrected chi connectivity index (χ4v) is 3.11. The van der Waals surface area contributed by atoms with Crippen LogP contribution in [0.1, 0.15) is 17.2 Å². The van der Waals surface area contributed by atoms with Crippen molar-refractivity contribution in [3.8, 4) is 0 Å². The Morgan fingerprint density at radius 2 is 1.73 bits per heavy atom. The highest BCUT2D eigenvalue weighted by atomic mass is 19.4. The van der Waals surface area contributed by atoms with Crippen LogP contribution in [-0.4, -0.2) is 49.5 Å². The minimum Gasteiger partial charge on any atom is -0.371 e. The predicted octanol–water partition coefficient (Wildman–Crippen LogP) is 2.83. The largest absolute Gasteiger partial charge is 0.416 e.